The zero-order valence-electron chi connectivity index (χ0n) is 12.5. The van der Waals surface area contributed by atoms with Crippen molar-refractivity contribution < 1.29 is 5.11 Å². The van der Waals surface area contributed by atoms with Crippen LogP contribution in [0.15, 0.2) is 36.9 Å². The van der Waals surface area contributed by atoms with Gasteiger partial charge < -0.3 is 9.67 Å². The van der Waals surface area contributed by atoms with E-state index >= 15 is 0 Å². The summed E-state index contributed by atoms with van der Waals surface area (Å²) in [5.74, 6) is 0.975. The van der Waals surface area contributed by atoms with Crippen molar-refractivity contribution in [2.45, 2.75) is 51.7 Å². The summed E-state index contributed by atoms with van der Waals surface area (Å²) < 4.78 is 2.19. The van der Waals surface area contributed by atoms with Crippen LogP contribution in [0.2, 0.25) is 0 Å². The largest absolute Gasteiger partial charge is 0.390 e. The van der Waals surface area contributed by atoms with Gasteiger partial charge in [0.1, 0.15) is 5.82 Å². The predicted molar refractivity (Wildman–Crippen MR) is 80.3 cm³/mol. The van der Waals surface area contributed by atoms with Crippen LogP contribution in [0.5, 0.6) is 0 Å². The Labute approximate surface area is 120 Å². The lowest BCUT2D eigenvalue weighted by molar-refractivity contribution is 0.0672. The molecule has 108 valence electrons. The summed E-state index contributed by atoms with van der Waals surface area (Å²) >= 11 is 0. The van der Waals surface area contributed by atoms with E-state index < -0.39 is 5.60 Å². The number of rotatable bonds is 6. The third kappa shape index (κ3) is 3.90. The Hall–Kier alpha value is -1.68. The molecule has 2 aromatic heterocycles. The molecular weight excluding hydrogens is 250 g/mol. The number of aliphatic hydroxyl groups is 1. The molecule has 1 atom stereocenters. The lowest BCUT2D eigenvalue weighted by Gasteiger charge is -2.20. The van der Waals surface area contributed by atoms with Crippen molar-refractivity contribution in [1.29, 1.82) is 0 Å². The summed E-state index contributed by atoms with van der Waals surface area (Å²) in [7, 11) is 0. The highest BCUT2D eigenvalue weighted by molar-refractivity contribution is 5.54. The van der Waals surface area contributed by atoms with Crippen LogP contribution in [0.3, 0.4) is 0 Å². The maximum atomic E-state index is 9.77. The molecule has 20 heavy (non-hydrogen) atoms. The van der Waals surface area contributed by atoms with Gasteiger partial charge in [-0.2, -0.15) is 0 Å². The number of pyridine rings is 1. The van der Waals surface area contributed by atoms with Crippen molar-refractivity contribution in [2.24, 2.45) is 0 Å². The van der Waals surface area contributed by atoms with Crippen LogP contribution in [-0.2, 0) is 0 Å². The molecule has 0 aliphatic heterocycles. The van der Waals surface area contributed by atoms with E-state index in [9.17, 15) is 5.11 Å². The number of hydrogen-bond acceptors (Lipinski definition) is 3. The maximum absolute atomic E-state index is 9.77. The van der Waals surface area contributed by atoms with E-state index in [2.05, 4.69) is 21.5 Å². The van der Waals surface area contributed by atoms with Gasteiger partial charge >= 0.3 is 0 Å². The second kappa shape index (κ2) is 6.18. The van der Waals surface area contributed by atoms with Crippen LogP contribution in [0.4, 0.5) is 0 Å². The fourth-order valence-corrected chi connectivity index (χ4v) is 2.36. The standard InChI is InChI=1S/C16H23N3O/c1-13(5-4-8-16(2,3)20)19-12-11-18-15(19)14-6-9-17-10-7-14/h6-7,9-13,20H,4-5,8H2,1-3H3. The van der Waals surface area contributed by atoms with Gasteiger partial charge in [-0.1, -0.05) is 0 Å². The number of hydrogen-bond donors (Lipinski definition) is 1. The number of aromatic nitrogens is 3. The average Bonchev–Trinajstić information content (AvgIpc) is 2.87. The smallest absolute Gasteiger partial charge is 0.140 e. The van der Waals surface area contributed by atoms with Gasteiger partial charge in [0.05, 0.1) is 5.60 Å². The Balaban J connectivity index is 2.05. The quantitative estimate of drug-likeness (QED) is 0.877. The fraction of sp³-hybridized carbons (Fsp3) is 0.500. The first-order valence-corrected chi connectivity index (χ1v) is 7.13. The molecule has 1 N–H and O–H groups in total. The van der Waals surface area contributed by atoms with Gasteiger partial charge in [0.2, 0.25) is 0 Å². The topological polar surface area (TPSA) is 50.9 Å². The molecule has 0 fully saturated rings. The van der Waals surface area contributed by atoms with Crippen molar-refractivity contribution in [3.05, 3.63) is 36.9 Å². The second-order valence-electron chi connectivity index (χ2n) is 5.95. The molecule has 4 heteroatoms. The first-order chi connectivity index (χ1) is 9.47. The minimum atomic E-state index is -0.581. The van der Waals surface area contributed by atoms with Gasteiger partial charge in [-0.25, -0.2) is 4.98 Å². The van der Waals surface area contributed by atoms with Crippen LogP contribution in [-0.4, -0.2) is 25.2 Å². The third-order valence-corrected chi connectivity index (χ3v) is 3.49. The molecule has 2 rings (SSSR count). The van der Waals surface area contributed by atoms with E-state index in [0.29, 0.717) is 6.04 Å². The van der Waals surface area contributed by atoms with Gasteiger partial charge in [0.15, 0.2) is 0 Å². The molecule has 0 aliphatic carbocycles. The molecule has 0 aliphatic rings. The SMILES string of the molecule is CC(CCCC(C)(C)O)n1ccnc1-c1ccncc1. The molecule has 2 heterocycles. The van der Waals surface area contributed by atoms with Crippen molar-refractivity contribution >= 4 is 0 Å². The summed E-state index contributed by atoms with van der Waals surface area (Å²) in [4.78, 5) is 8.49. The van der Waals surface area contributed by atoms with Crippen LogP contribution in [0.1, 0.15) is 46.1 Å². The zero-order chi connectivity index (χ0) is 14.6. The van der Waals surface area contributed by atoms with E-state index in [0.717, 1.165) is 30.7 Å². The summed E-state index contributed by atoms with van der Waals surface area (Å²) in [5, 5.41) is 9.77. The van der Waals surface area contributed by atoms with Crippen molar-refractivity contribution in [1.82, 2.24) is 14.5 Å². The number of imidazole rings is 1. The van der Waals surface area contributed by atoms with E-state index in [1.807, 2.05) is 38.4 Å². The van der Waals surface area contributed by atoms with Gasteiger partial charge in [0, 0.05) is 36.4 Å². The highest BCUT2D eigenvalue weighted by Crippen LogP contribution is 2.24. The molecule has 0 aromatic carbocycles. The molecular formula is C16H23N3O. The minimum Gasteiger partial charge on any atom is -0.390 e. The van der Waals surface area contributed by atoms with Crippen LogP contribution in [0.25, 0.3) is 11.4 Å². The van der Waals surface area contributed by atoms with E-state index in [4.69, 9.17) is 0 Å². The highest BCUT2D eigenvalue weighted by atomic mass is 16.3. The average molecular weight is 273 g/mol. The van der Waals surface area contributed by atoms with E-state index in [-0.39, 0.29) is 0 Å². The van der Waals surface area contributed by atoms with Crippen molar-refractivity contribution in [3.8, 4) is 11.4 Å². The third-order valence-electron chi connectivity index (χ3n) is 3.49. The van der Waals surface area contributed by atoms with E-state index in [1.54, 1.807) is 12.4 Å². The van der Waals surface area contributed by atoms with Crippen LogP contribution < -0.4 is 0 Å². The Morgan fingerprint density at radius 2 is 1.95 bits per heavy atom. The van der Waals surface area contributed by atoms with Crippen LogP contribution in [0, 0.1) is 0 Å². The molecule has 0 saturated heterocycles. The monoisotopic (exact) mass is 273 g/mol. The molecule has 0 saturated carbocycles. The minimum absolute atomic E-state index is 0.364. The lowest BCUT2D eigenvalue weighted by Crippen LogP contribution is -2.18. The molecule has 0 amide bonds. The molecule has 4 nitrogen and oxygen atoms in total. The van der Waals surface area contributed by atoms with Crippen molar-refractivity contribution in [3.63, 3.8) is 0 Å². The van der Waals surface area contributed by atoms with E-state index in [1.165, 1.54) is 0 Å². The fourth-order valence-electron chi connectivity index (χ4n) is 2.36. The van der Waals surface area contributed by atoms with Crippen LogP contribution >= 0.6 is 0 Å². The Morgan fingerprint density at radius 3 is 2.60 bits per heavy atom. The second-order valence-corrected chi connectivity index (χ2v) is 5.95. The van der Waals surface area contributed by atoms with Gasteiger partial charge in [0.25, 0.3) is 0 Å². The highest BCUT2D eigenvalue weighted by Gasteiger charge is 2.15. The Morgan fingerprint density at radius 1 is 1.25 bits per heavy atom. The molecule has 1 unspecified atom stereocenters. The predicted octanol–water partition coefficient (Wildman–Crippen LogP) is 3.45. The first kappa shape index (κ1) is 14.7. The van der Waals surface area contributed by atoms with Crippen molar-refractivity contribution in [2.75, 3.05) is 0 Å². The summed E-state index contributed by atoms with van der Waals surface area (Å²) in [6.45, 7) is 5.91. The molecule has 0 bridgehead atoms. The lowest BCUT2D eigenvalue weighted by atomic mass is 9.99. The molecule has 0 radical (unpaired) electrons. The maximum Gasteiger partial charge on any atom is 0.140 e. The van der Waals surface area contributed by atoms with Gasteiger partial charge in [-0.3, -0.25) is 4.98 Å². The summed E-state index contributed by atoms with van der Waals surface area (Å²) in [6, 6.07) is 4.31. The molecule has 0 spiro atoms. The Kier molecular flexibility index (Phi) is 4.55. The molecule has 2 aromatic rings. The van der Waals surface area contributed by atoms with Gasteiger partial charge in [-0.05, 0) is 52.2 Å². The number of nitrogens with zero attached hydrogens (tertiary/aromatic N) is 3. The summed E-state index contributed by atoms with van der Waals surface area (Å²) in [6.07, 6.45) is 10.3. The Bertz CT molecular complexity index is 528. The summed E-state index contributed by atoms with van der Waals surface area (Å²) in [5.41, 5.74) is 0.502. The van der Waals surface area contributed by atoms with Gasteiger partial charge in [-0.15, -0.1) is 0 Å². The zero-order valence-corrected chi connectivity index (χ0v) is 12.5. The first-order valence-electron chi connectivity index (χ1n) is 7.13. The normalized spacial score (nSPS) is 13.4.